The second-order valence-electron chi connectivity index (χ2n) is 4.90. The van der Waals surface area contributed by atoms with Crippen molar-refractivity contribution < 1.29 is 4.79 Å². The van der Waals surface area contributed by atoms with Gasteiger partial charge in [-0.05, 0) is 26.3 Å². The van der Waals surface area contributed by atoms with Gasteiger partial charge in [-0.3, -0.25) is 4.79 Å². The molecule has 1 aliphatic heterocycles. The Hall–Kier alpha value is -0.610. The Morgan fingerprint density at radius 2 is 1.87 bits per heavy atom. The molecule has 1 amide bonds. The predicted molar refractivity (Wildman–Crippen MR) is 59.4 cm³/mol. The molecular weight excluding hydrogens is 190 g/mol. The highest BCUT2D eigenvalue weighted by Crippen LogP contribution is 2.26. The van der Waals surface area contributed by atoms with Gasteiger partial charge in [-0.1, -0.05) is 0 Å². The smallest absolute Gasteiger partial charge is 0.225 e. The number of carbonyl (C=O) groups excluding carboxylic acids is 1. The Bertz CT molecular complexity index is 236. The molecule has 15 heavy (non-hydrogen) atoms. The summed E-state index contributed by atoms with van der Waals surface area (Å²) in [6.07, 6.45) is 2.90. The zero-order chi connectivity index (χ0) is 10.8. The Morgan fingerprint density at radius 3 is 2.40 bits per heavy atom. The summed E-state index contributed by atoms with van der Waals surface area (Å²) in [7, 11) is 2.10. The number of nitrogens with zero attached hydrogens (tertiary/aromatic N) is 2. The van der Waals surface area contributed by atoms with Gasteiger partial charge in [0.2, 0.25) is 5.91 Å². The molecule has 0 bridgehead atoms. The van der Waals surface area contributed by atoms with E-state index in [0.717, 1.165) is 45.4 Å². The zero-order valence-corrected chi connectivity index (χ0v) is 9.48. The number of hydrogen-bond acceptors (Lipinski definition) is 3. The number of nitrogens with two attached hydrogens (primary N) is 1. The summed E-state index contributed by atoms with van der Waals surface area (Å²) in [5, 5.41) is 0. The van der Waals surface area contributed by atoms with E-state index in [1.165, 1.54) is 0 Å². The fraction of sp³-hybridized carbons (Fsp3) is 0.909. The molecule has 0 aromatic heterocycles. The molecule has 0 aromatic rings. The van der Waals surface area contributed by atoms with E-state index in [9.17, 15) is 4.79 Å². The molecule has 4 heteroatoms. The number of likely N-dealkylation sites (N-methyl/N-ethyl adjacent to an activating group) is 1. The molecule has 0 aromatic carbocycles. The maximum absolute atomic E-state index is 12.1. The molecule has 2 aliphatic rings. The highest BCUT2D eigenvalue weighted by atomic mass is 16.2. The summed E-state index contributed by atoms with van der Waals surface area (Å²) >= 11 is 0. The summed E-state index contributed by atoms with van der Waals surface area (Å²) in [4.78, 5) is 16.4. The van der Waals surface area contributed by atoms with Crippen molar-refractivity contribution in [1.82, 2.24) is 9.80 Å². The Balaban J connectivity index is 1.85. The highest BCUT2D eigenvalue weighted by molar-refractivity contribution is 5.79. The second-order valence-corrected chi connectivity index (χ2v) is 4.90. The van der Waals surface area contributed by atoms with Gasteiger partial charge >= 0.3 is 0 Å². The van der Waals surface area contributed by atoms with E-state index < -0.39 is 0 Å². The third-order valence-corrected chi connectivity index (χ3v) is 3.64. The summed E-state index contributed by atoms with van der Waals surface area (Å²) in [6.45, 7) is 3.79. The van der Waals surface area contributed by atoms with Crippen LogP contribution >= 0.6 is 0 Å². The van der Waals surface area contributed by atoms with Crippen LogP contribution in [0.5, 0.6) is 0 Å². The van der Waals surface area contributed by atoms with E-state index in [0.29, 0.717) is 5.91 Å². The molecule has 1 heterocycles. The maximum Gasteiger partial charge on any atom is 0.225 e. The molecule has 4 nitrogen and oxygen atoms in total. The monoisotopic (exact) mass is 211 g/mol. The highest BCUT2D eigenvalue weighted by Gasteiger charge is 2.31. The van der Waals surface area contributed by atoms with Gasteiger partial charge in [0.1, 0.15) is 0 Å². The number of carbonyl (C=O) groups is 1. The molecule has 2 rings (SSSR count). The van der Waals surface area contributed by atoms with Gasteiger partial charge in [0, 0.05) is 38.1 Å². The van der Waals surface area contributed by atoms with E-state index in [4.69, 9.17) is 5.73 Å². The van der Waals surface area contributed by atoms with Crippen molar-refractivity contribution in [2.24, 2.45) is 11.7 Å². The standard InChI is InChI=1S/C11H21N3O/c1-13-4-6-14(7-5-13)11(15)9-2-3-10(12)8-9/h9-10H,2-8,12H2,1H3. The quantitative estimate of drug-likeness (QED) is 0.658. The average Bonchev–Trinajstić information content (AvgIpc) is 2.65. The van der Waals surface area contributed by atoms with Crippen molar-refractivity contribution in [3.8, 4) is 0 Å². The van der Waals surface area contributed by atoms with Crippen LogP contribution in [0, 0.1) is 5.92 Å². The van der Waals surface area contributed by atoms with Crippen molar-refractivity contribution in [1.29, 1.82) is 0 Å². The molecule has 2 fully saturated rings. The topological polar surface area (TPSA) is 49.6 Å². The van der Waals surface area contributed by atoms with E-state index in [1.807, 2.05) is 4.90 Å². The minimum atomic E-state index is 0.211. The SMILES string of the molecule is CN1CCN(C(=O)C2CCC(N)C2)CC1. The third kappa shape index (κ3) is 2.49. The van der Waals surface area contributed by atoms with Crippen LogP contribution < -0.4 is 5.73 Å². The van der Waals surface area contributed by atoms with Crippen LogP contribution in [-0.4, -0.2) is 55.0 Å². The van der Waals surface area contributed by atoms with Gasteiger partial charge in [-0.15, -0.1) is 0 Å². The molecule has 2 atom stereocenters. The van der Waals surface area contributed by atoms with E-state index in [2.05, 4.69) is 11.9 Å². The first kappa shape index (κ1) is 10.9. The fourth-order valence-electron chi connectivity index (χ4n) is 2.53. The van der Waals surface area contributed by atoms with Crippen LogP contribution in [0.1, 0.15) is 19.3 Å². The Kier molecular flexibility index (Phi) is 3.26. The Labute approximate surface area is 91.4 Å². The lowest BCUT2D eigenvalue weighted by Gasteiger charge is -2.34. The van der Waals surface area contributed by atoms with E-state index >= 15 is 0 Å². The second kappa shape index (κ2) is 4.49. The van der Waals surface area contributed by atoms with E-state index in [1.54, 1.807) is 0 Å². The lowest BCUT2D eigenvalue weighted by molar-refractivity contribution is -0.136. The first-order chi connectivity index (χ1) is 7.16. The minimum Gasteiger partial charge on any atom is -0.340 e. The molecule has 0 spiro atoms. The van der Waals surface area contributed by atoms with Crippen LogP contribution in [0.2, 0.25) is 0 Å². The summed E-state index contributed by atoms with van der Waals surface area (Å²) in [5.41, 5.74) is 5.84. The maximum atomic E-state index is 12.1. The largest absolute Gasteiger partial charge is 0.340 e. The zero-order valence-electron chi connectivity index (χ0n) is 9.48. The average molecular weight is 211 g/mol. The normalized spacial score (nSPS) is 33.3. The molecule has 1 saturated heterocycles. The number of rotatable bonds is 1. The van der Waals surface area contributed by atoms with E-state index in [-0.39, 0.29) is 12.0 Å². The Morgan fingerprint density at radius 1 is 1.20 bits per heavy atom. The van der Waals surface area contributed by atoms with Gasteiger partial charge in [0.25, 0.3) is 0 Å². The number of hydrogen-bond donors (Lipinski definition) is 1. The number of amides is 1. The number of piperazine rings is 1. The summed E-state index contributed by atoms with van der Waals surface area (Å²) in [5.74, 6) is 0.555. The fourth-order valence-corrected chi connectivity index (χ4v) is 2.53. The molecule has 86 valence electrons. The summed E-state index contributed by atoms with van der Waals surface area (Å²) < 4.78 is 0. The summed E-state index contributed by atoms with van der Waals surface area (Å²) in [6, 6.07) is 0.256. The molecule has 2 N–H and O–H groups in total. The van der Waals surface area contributed by atoms with Crippen molar-refractivity contribution in [2.45, 2.75) is 25.3 Å². The van der Waals surface area contributed by atoms with Gasteiger partial charge < -0.3 is 15.5 Å². The molecule has 2 unspecified atom stereocenters. The first-order valence-corrected chi connectivity index (χ1v) is 5.89. The van der Waals surface area contributed by atoms with Gasteiger partial charge in [-0.25, -0.2) is 0 Å². The third-order valence-electron chi connectivity index (χ3n) is 3.64. The van der Waals surface area contributed by atoms with Crippen LogP contribution in [0.4, 0.5) is 0 Å². The lowest BCUT2D eigenvalue weighted by Crippen LogP contribution is -2.48. The van der Waals surface area contributed by atoms with Crippen LogP contribution in [0.15, 0.2) is 0 Å². The van der Waals surface area contributed by atoms with Crippen molar-refractivity contribution >= 4 is 5.91 Å². The van der Waals surface area contributed by atoms with Crippen molar-refractivity contribution in [3.63, 3.8) is 0 Å². The minimum absolute atomic E-state index is 0.211. The molecule has 1 aliphatic carbocycles. The molecular formula is C11H21N3O. The van der Waals surface area contributed by atoms with Gasteiger partial charge in [0.05, 0.1) is 0 Å². The van der Waals surface area contributed by atoms with Crippen LogP contribution in [0.25, 0.3) is 0 Å². The van der Waals surface area contributed by atoms with Crippen molar-refractivity contribution in [2.75, 3.05) is 33.2 Å². The van der Waals surface area contributed by atoms with Gasteiger partial charge in [-0.2, -0.15) is 0 Å². The van der Waals surface area contributed by atoms with Crippen molar-refractivity contribution in [3.05, 3.63) is 0 Å². The van der Waals surface area contributed by atoms with Crippen LogP contribution in [0.3, 0.4) is 0 Å². The molecule has 0 radical (unpaired) electrons. The molecule has 1 saturated carbocycles. The first-order valence-electron chi connectivity index (χ1n) is 5.89. The lowest BCUT2D eigenvalue weighted by atomic mass is 10.1. The van der Waals surface area contributed by atoms with Crippen LogP contribution in [-0.2, 0) is 4.79 Å². The van der Waals surface area contributed by atoms with Gasteiger partial charge in [0.15, 0.2) is 0 Å². The predicted octanol–water partition coefficient (Wildman–Crippen LogP) is -0.112.